The van der Waals surface area contributed by atoms with Gasteiger partial charge in [0.15, 0.2) is 11.8 Å². The lowest BCUT2D eigenvalue weighted by Crippen LogP contribution is -2.34. The van der Waals surface area contributed by atoms with Gasteiger partial charge in [0, 0.05) is 83.6 Å². The van der Waals surface area contributed by atoms with Crippen molar-refractivity contribution < 1.29 is 19.7 Å². The van der Waals surface area contributed by atoms with E-state index in [2.05, 4.69) is 34.6 Å². The van der Waals surface area contributed by atoms with Gasteiger partial charge >= 0.3 is 0 Å². The zero-order valence-corrected chi connectivity index (χ0v) is 26.8. The Labute approximate surface area is 251 Å². The van der Waals surface area contributed by atoms with Gasteiger partial charge in [-0.25, -0.2) is 0 Å². The Morgan fingerprint density at radius 3 is 2.02 bits per heavy atom. The summed E-state index contributed by atoms with van der Waals surface area (Å²) in [5, 5.41) is 21.6. The van der Waals surface area contributed by atoms with Gasteiger partial charge < -0.3 is 19.7 Å². The highest BCUT2D eigenvalue weighted by atomic mass is 32.2. The fourth-order valence-electron chi connectivity index (χ4n) is 5.76. The van der Waals surface area contributed by atoms with Crippen LogP contribution in [0.5, 0.6) is 11.8 Å². The number of pyridine rings is 2. The molecule has 2 aliphatic heterocycles. The molecule has 0 saturated heterocycles. The van der Waals surface area contributed by atoms with Gasteiger partial charge in [0.2, 0.25) is 0 Å². The first-order chi connectivity index (χ1) is 19.4. The number of aromatic hydroxyl groups is 2. The highest BCUT2D eigenvalue weighted by molar-refractivity contribution is 7.99. The normalized spacial score (nSPS) is 15.7. The molecule has 0 fully saturated rings. The van der Waals surface area contributed by atoms with E-state index in [-0.39, 0.29) is 39.8 Å². The summed E-state index contributed by atoms with van der Waals surface area (Å²) in [5.41, 5.74) is 1.14. The van der Waals surface area contributed by atoms with Crippen molar-refractivity contribution in [2.24, 2.45) is 10.8 Å². The number of fused-ring (bicyclic) bond motifs is 2. The summed E-state index contributed by atoms with van der Waals surface area (Å²) in [6, 6.07) is 3.16. The molecule has 4 rings (SSSR count). The monoisotopic (exact) mass is 606 g/mol. The molecular weight excluding hydrogens is 560 g/mol. The highest BCUT2D eigenvalue weighted by Crippen LogP contribution is 2.41. The van der Waals surface area contributed by atoms with E-state index in [4.69, 9.17) is 9.47 Å². The van der Waals surface area contributed by atoms with E-state index in [1.165, 1.54) is 4.57 Å². The Kier molecular flexibility index (Phi) is 10.6. The SMILES string of the molecule is CC(C)(CCCOCCCOCCC(n1c(O)c2c(cc1=O)SCC2)C(C)(C)C)Cn1c(O)c2c(cc1=O)SCC2. The van der Waals surface area contributed by atoms with Gasteiger partial charge in [-0.15, -0.1) is 23.5 Å². The molecule has 0 aliphatic carbocycles. The van der Waals surface area contributed by atoms with Crippen LogP contribution in [0.1, 0.15) is 77.5 Å². The average molecular weight is 607 g/mol. The van der Waals surface area contributed by atoms with Crippen molar-refractivity contribution in [2.45, 2.75) is 95.5 Å². The summed E-state index contributed by atoms with van der Waals surface area (Å²) in [6.07, 6.45) is 4.76. The summed E-state index contributed by atoms with van der Waals surface area (Å²) in [7, 11) is 0. The highest BCUT2D eigenvalue weighted by Gasteiger charge is 2.31. The van der Waals surface area contributed by atoms with Crippen LogP contribution in [-0.4, -0.2) is 57.3 Å². The predicted octanol–water partition coefficient (Wildman–Crippen LogP) is 5.62. The molecular formula is C31H46N2O6S2. The molecule has 0 radical (unpaired) electrons. The molecule has 41 heavy (non-hydrogen) atoms. The lowest BCUT2D eigenvalue weighted by atomic mass is 9.84. The Morgan fingerprint density at radius 1 is 0.829 bits per heavy atom. The summed E-state index contributed by atoms with van der Waals surface area (Å²) >= 11 is 3.27. The molecule has 1 unspecified atom stereocenters. The Bertz CT molecular complexity index is 1330. The molecule has 0 saturated carbocycles. The number of hydrogen-bond donors (Lipinski definition) is 2. The van der Waals surface area contributed by atoms with E-state index in [0.29, 0.717) is 39.4 Å². The minimum absolute atomic E-state index is 0.115. The third-order valence-corrected chi connectivity index (χ3v) is 10.2. The maximum absolute atomic E-state index is 12.9. The van der Waals surface area contributed by atoms with Crippen LogP contribution in [0.3, 0.4) is 0 Å². The standard InChI is InChI=1S/C31H46N2O6S2/c1-30(2,3)25(33-27(35)19-24-22(29(33)37)10-17-41-24)8-15-39-14-7-13-38-12-6-11-31(4,5)20-32-26(34)18-23-21(28(32)36)9-16-40-23/h18-19,25,36-37H,6-17,20H2,1-5H3. The van der Waals surface area contributed by atoms with Gasteiger partial charge in [-0.1, -0.05) is 34.6 Å². The van der Waals surface area contributed by atoms with E-state index in [9.17, 15) is 19.8 Å². The van der Waals surface area contributed by atoms with Crippen LogP contribution in [-0.2, 0) is 28.9 Å². The summed E-state index contributed by atoms with van der Waals surface area (Å²) < 4.78 is 14.8. The van der Waals surface area contributed by atoms with Crippen LogP contribution in [0.15, 0.2) is 31.5 Å². The first-order valence-electron chi connectivity index (χ1n) is 14.7. The smallest absolute Gasteiger partial charge is 0.254 e. The van der Waals surface area contributed by atoms with Crippen molar-refractivity contribution in [1.29, 1.82) is 0 Å². The van der Waals surface area contributed by atoms with E-state index >= 15 is 0 Å². The van der Waals surface area contributed by atoms with E-state index in [0.717, 1.165) is 64.5 Å². The molecule has 1 atom stereocenters. The molecule has 0 amide bonds. The van der Waals surface area contributed by atoms with Gasteiger partial charge in [-0.05, 0) is 49.4 Å². The molecule has 0 bridgehead atoms. The van der Waals surface area contributed by atoms with Crippen molar-refractivity contribution in [2.75, 3.05) is 37.9 Å². The number of rotatable bonds is 14. The van der Waals surface area contributed by atoms with E-state index < -0.39 is 0 Å². The first kappa shape index (κ1) is 32.0. The zero-order valence-electron chi connectivity index (χ0n) is 25.2. The molecule has 228 valence electrons. The molecule has 2 aromatic heterocycles. The molecule has 0 spiro atoms. The zero-order chi connectivity index (χ0) is 29.8. The molecule has 8 nitrogen and oxygen atoms in total. The lowest BCUT2D eigenvalue weighted by molar-refractivity contribution is 0.0639. The fraction of sp³-hybridized carbons (Fsp3) is 0.677. The van der Waals surface area contributed by atoms with Gasteiger partial charge in [0.05, 0.1) is 0 Å². The third-order valence-electron chi connectivity index (χ3n) is 8.00. The van der Waals surface area contributed by atoms with Crippen LogP contribution >= 0.6 is 23.5 Å². The third kappa shape index (κ3) is 7.94. The number of nitrogens with zero attached hydrogens (tertiary/aromatic N) is 2. The van der Waals surface area contributed by atoms with Gasteiger partial charge in [0.1, 0.15) is 0 Å². The number of aromatic nitrogens is 2. The fourth-order valence-corrected chi connectivity index (χ4v) is 7.92. The Hall–Kier alpha value is -1.88. The molecule has 0 aromatic carbocycles. The van der Waals surface area contributed by atoms with Crippen molar-refractivity contribution in [3.05, 3.63) is 44.0 Å². The minimum atomic E-state index is -0.215. The molecule has 2 aromatic rings. The second-order valence-electron chi connectivity index (χ2n) is 13.0. The maximum Gasteiger partial charge on any atom is 0.254 e. The predicted molar refractivity (Wildman–Crippen MR) is 166 cm³/mol. The Morgan fingerprint density at radius 2 is 1.39 bits per heavy atom. The number of ether oxygens (including phenoxy) is 2. The quantitative estimate of drug-likeness (QED) is 0.267. The van der Waals surface area contributed by atoms with Gasteiger partial charge in [-0.3, -0.25) is 18.7 Å². The van der Waals surface area contributed by atoms with Crippen molar-refractivity contribution in [3.63, 3.8) is 0 Å². The Balaban J connectivity index is 1.14. The average Bonchev–Trinajstić information content (AvgIpc) is 3.55. The minimum Gasteiger partial charge on any atom is -0.494 e. The summed E-state index contributed by atoms with van der Waals surface area (Å²) in [5.74, 6) is 2.06. The van der Waals surface area contributed by atoms with Crippen LogP contribution in [0.4, 0.5) is 0 Å². The van der Waals surface area contributed by atoms with Crippen molar-refractivity contribution in [1.82, 2.24) is 9.13 Å². The largest absolute Gasteiger partial charge is 0.494 e. The summed E-state index contributed by atoms with van der Waals surface area (Å²) in [6.45, 7) is 13.3. The van der Waals surface area contributed by atoms with Gasteiger partial charge in [0.25, 0.3) is 11.1 Å². The second-order valence-corrected chi connectivity index (χ2v) is 15.2. The molecule has 10 heteroatoms. The van der Waals surface area contributed by atoms with Crippen molar-refractivity contribution in [3.8, 4) is 11.8 Å². The molecule has 4 heterocycles. The number of thioether (sulfide) groups is 2. The molecule has 2 N–H and O–H groups in total. The van der Waals surface area contributed by atoms with E-state index in [1.54, 1.807) is 40.2 Å². The first-order valence-corrected chi connectivity index (χ1v) is 16.7. The van der Waals surface area contributed by atoms with Crippen LogP contribution in [0.25, 0.3) is 0 Å². The number of hydrogen-bond acceptors (Lipinski definition) is 8. The maximum atomic E-state index is 12.9. The lowest BCUT2D eigenvalue weighted by Gasteiger charge is -2.33. The summed E-state index contributed by atoms with van der Waals surface area (Å²) in [4.78, 5) is 27.3. The van der Waals surface area contributed by atoms with Crippen LogP contribution in [0.2, 0.25) is 0 Å². The molecule has 2 aliphatic rings. The van der Waals surface area contributed by atoms with E-state index in [1.807, 2.05) is 0 Å². The van der Waals surface area contributed by atoms with Crippen LogP contribution in [0, 0.1) is 10.8 Å². The van der Waals surface area contributed by atoms with Gasteiger partial charge in [-0.2, -0.15) is 0 Å². The van der Waals surface area contributed by atoms with Crippen molar-refractivity contribution >= 4 is 23.5 Å². The second kappa shape index (κ2) is 13.6. The van der Waals surface area contributed by atoms with Crippen LogP contribution < -0.4 is 11.1 Å². The topological polar surface area (TPSA) is 103 Å².